The van der Waals surface area contributed by atoms with E-state index >= 15 is 0 Å². The molecule has 88 valence electrons. The zero-order chi connectivity index (χ0) is 11.5. The van der Waals surface area contributed by atoms with Crippen molar-refractivity contribution in [1.29, 1.82) is 0 Å². The van der Waals surface area contributed by atoms with Crippen LogP contribution in [0.3, 0.4) is 0 Å². The van der Waals surface area contributed by atoms with Gasteiger partial charge >= 0.3 is 0 Å². The van der Waals surface area contributed by atoms with Gasteiger partial charge in [-0.15, -0.1) is 0 Å². The lowest BCUT2D eigenvalue weighted by Gasteiger charge is -2.30. The predicted octanol–water partition coefficient (Wildman–Crippen LogP) is -0.369. The molecular formula is C10H19NO4. The maximum Gasteiger partial charge on any atom is 0.253 e. The molecule has 1 unspecified atom stereocenters. The fraction of sp³-hybridized carbons (Fsp3) is 0.900. The molecule has 1 aliphatic heterocycles. The Morgan fingerprint density at radius 1 is 1.53 bits per heavy atom. The highest BCUT2D eigenvalue weighted by molar-refractivity contribution is 5.81. The maximum atomic E-state index is 11.8. The van der Waals surface area contributed by atoms with Crippen LogP contribution >= 0.6 is 0 Å². The Labute approximate surface area is 90.0 Å². The van der Waals surface area contributed by atoms with Gasteiger partial charge in [0.25, 0.3) is 5.91 Å². The fourth-order valence-electron chi connectivity index (χ4n) is 1.53. The van der Waals surface area contributed by atoms with Gasteiger partial charge in [-0.05, 0) is 13.8 Å². The molecule has 1 N–H and O–H groups in total. The van der Waals surface area contributed by atoms with Crippen LogP contribution in [0.4, 0.5) is 0 Å². The second-order valence-corrected chi connectivity index (χ2v) is 4.44. The number of likely N-dealkylation sites (N-methyl/N-ethyl adjacent to an activating group) is 1. The Hall–Kier alpha value is -0.650. The zero-order valence-corrected chi connectivity index (χ0v) is 9.52. The summed E-state index contributed by atoms with van der Waals surface area (Å²) in [7, 11) is 1.65. The summed E-state index contributed by atoms with van der Waals surface area (Å²) in [5.74, 6) is -0.142. The van der Waals surface area contributed by atoms with Crippen LogP contribution in [0.1, 0.15) is 13.8 Å². The summed E-state index contributed by atoms with van der Waals surface area (Å²) in [6.45, 7) is 4.90. The molecule has 1 atom stereocenters. The highest BCUT2D eigenvalue weighted by atomic mass is 16.6. The van der Waals surface area contributed by atoms with Gasteiger partial charge in [0.1, 0.15) is 0 Å². The van der Waals surface area contributed by atoms with Gasteiger partial charge in [-0.3, -0.25) is 4.79 Å². The molecule has 0 radical (unpaired) electrons. The first-order valence-corrected chi connectivity index (χ1v) is 5.07. The Morgan fingerprint density at radius 2 is 2.20 bits per heavy atom. The van der Waals surface area contributed by atoms with Crippen molar-refractivity contribution in [3.8, 4) is 0 Å². The number of carbonyl (C=O) groups excluding carboxylic acids is 1. The quantitative estimate of drug-likeness (QED) is 0.701. The van der Waals surface area contributed by atoms with Gasteiger partial charge in [-0.2, -0.15) is 0 Å². The lowest BCUT2D eigenvalue weighted by molar-refractivity contribution is -0.158. The van der Waals surface area contributed by atoms with Crippen LogP contribution in [0.2, 0.25) is 0 Å². The van der Waals surface area contributed by atoms with Gasteiger partial charge in [-0.25, -0.2) is 0 Å². The summed E-state index contributed by atoms with van der Waals surface area (Å²) in [6.07, 6.45) is -0.522. The zero-order valence-electron chi connectivity index (χ0n) is 9.52. The van der Waals surface area contributed by atoms with Gasteiger partial charge in [0.05, 0.1) is 25.4 Å². The van der Waals surface area contributed by atoms with Crippen molar-refractivity contribution in [3.05, 3.63) is 0 Å². The van der Waals surface area contributed by atoms with E-state index in [4.69, 9.17) is 9.47 Å². The van der Waals surface area contributed by atoms with Crippen LogP contribution in [0.25, 0.3) is 0 Å². The molecule has 0 aliphatic carbocycles. The molecule has 0 aromatic carbocycles. The van der Waals surface area contributed by atoms with Crippen molar-refractivity contribution in [2.24, 2.45) is 0 Å². The second-order valence-electron chi connectivity index (χ2n) is 4.44. The van der Waals surface area contributed by atoms with E-state index in [1.165, 1.54) is 4.90 Å². The number of rotatable bonds is 3. The van der Waals surface area contributed by atoms with Crippen LogP contribution in [-0.4, -0.2) is 61.0 Å². The minimum atomic E-state index is -0.889. The third kappa shape index (κ3) is 4.15. The van der Waals surface area contributed by atoms with Gasteiger partial charge in [0, 0.05) is 13.6 Å². The highest BCUT2D eigenvalue weighted by Gasteiger charge is 2.28. The molecule has 0 aromatic rings. The SMILES string of the molecule is CN(CC(C)(C)O)C(=O)C1COCCO1. The van der Waals surface area contributed by atoms with Gasteiger partial charge < -0.3 is 19.5 Å². The summed E-state index contributed by atoms with van der Waals surface area (Å²) < 4.78 is 10.4. The van der Waals surface area contributed by atoms with E-state index in [1.807, 2.05) is 0 Å². The number of nitrogens with zero attached hydrogens (tertiary/aromatic N) is 1. The summed E-state index contributed by atoms with van der Waals surface area (Å²) in [5, 5.41) is 9.57. The molecule has 1 aliphatic rings. The molecule has 1 amide bonds. The van der Waals surface area contributed by atoms with E-state index in [0.717, 1.165) is 0 Å². The van der Waals surface area contributed by atoms with Crippen LogP contribution in [0, 0.1) is 0 Å². The molecule has 5 nitrogen and oxygen atoms in total. The number of hydrogen-bond donors (Lipinski definition) is 1. The van der Waals surface area contributed by atoms with Crippen molar-refractivity contribution in [2.75, 3.05) is 33.4 Å². The number of hydrogen-bond acceptors (Lipinski definition) is 4. The van der Waals surface area contributed by atoms with Crippen molar-refractivity contribution in [3.63, 3.8) is 0 Å². The van der Waals surface area contributed by atoms with E-state index in [-0.39, 0.29) is 12.5 Å². The third-order valence-corrected chi connectivity index (χ3v) is 2.09. The molecule has 15 heavy (non-hydrogen) atoms. The predicted molar refractivity (Wildman–Crippen MR) is 54.5 cm³/mol. The Kier molecular flexibility index (Phi) is 4.07. The van der Waals surface area contributed by atoms with E-state index in [0.29, 0.717) is 19.8 Å². The first-order valence-electron chi connectivity index (χ1n) is 5.07. The van der Waals surface area contributed by atoms with Crippen LogP contribution in [0.5, 0.6) is 0 Å². The highest BCUT2D eigenvalue weighted by Crippen LogP contribution is 2.08. The maximum absolute atomic E-state index is 11.8. The number of amides is 1. The van der Waals surface area contributed by atoms with Crippen molar-refractivity contribution < 1.29 is 19.4 Å². The summed E-state index contributed by atoms with van der Waals surface area (Å²) in [5.41, 5.74) is -0.889. The van der Waals surface area contributed by atoms with Crippen molar-refractivity contribution in [1.82, 2.24) is 4.90 Å². The average Bonchev–Trinajstić information content (AvgIpc) is 2.15. The topological polar surface area (TPSA) is 59.0 Å². The normalized spacial score (nSPS) is 22.5. The number of carbonyl (C=O) groups is 1. The average molecular weight is 217 g/mol. The molecule has 1 fully saturated rings. The Bertz CT molecular complexity index is 218. The monoisotopic (exact) mass is 217 g/mol. The molecule has 5 heteroatoms. The van der Waals surface area contributed by atoms with E-state index < -0.39 is 11.7 Å². The minimum absolute atomic E-state index is 0.142. The fourth-order valence-corrected chi connectivity index (χ4v) is 1.53. The first kappa shape index (κ1) is 12.4. The summed E-state index contributed by atoms with van der Waals surface area (Å²) in [4.78, 5) is 13.3. The number of ether oxygens (including phenoxy) is 2. The summed E-state index contributed by atoms with van der Waals surface area (Å²) >= 11 is 0. The smallest absolute Gasteiger partial charge is 0.253 e. The van der Waals surface area contributed by atoms with Crippen LogP contribution in [0.15, 0.2) is 0 Å². The summed E-state index contributed by atoms with van der Waals surface area (Å²) in [6, 6.07) is 0. The molecule has 1 heterocycles. The second kappa shape index (κ2) is 4.92. The van der Waals surface area contributed by atoms with E-state index in [1.54, 1.807) is 20.9 Å². The third-order valence-electron chi connectivity index (χ3n) is 2.09. The first-order chi connectivity index (χ1) is 6.90. The molecule has 0 saturated carbocycles. The molecule has 0 spiro atoms. The van der Waals surface area contributed by atoms with Gasteiger partial charge in [-0.1, -0.05) is 0 Å². The van der Waals surface area contributed by atoms with Crippen molar-refractivity contribution in [2.45, 2.75) is 25.6 Å². The van der Waals surface area contributed by atoms with E-state index in [2.05, 4.69) is 0 Å². The molecule has 0 aromatic heterocycles. The Morgan fingerprint density at radius 3 is 2.67 bits per heavy atom. The van der Waals surface area contributed by atoms with Crippen molar-refractivity contribution >= 4 is 5.91 Å². The molecule has 1 rings (SSSR count). The largest absolute Gasteiger partial charge is 0.389 e. The van der Waals surface area contributed by atoms with Crippen LogP contribution < -0.4 is 0 Å². The van der Waals surface area contributed by atoms with Gasteiger partial charge in [0.15, 0.2) is 6.10 Å². The van der Waals surface area contributed by atoms with E-state index in [9.17, 15) is 9.90 Å². The Balaban J connectivity index is 2.44. The van der Waals surface area contributed by atoms with Crippen LogP contribution in [-0.2, 0) is 14.3 Å². The minimum Gasteiger partial charge on any atom is -0.389 e. The molecule has 1 saturated heterocycles. The van der Waals surface area contributed by atoms with Gasteiger partial charge in [0.2, 0.25) is 0 Å². The lowest BCUT2D eigenvalue weighted by atomic mass is 10.1. The molecular weight excluding hydrogens is 198 g/mol. The lowest BCUT2D eigenvalue weighted by Crippen LogP contribution is -2.47. The molecule has 0 bridgehead atoms. The number of aliphatic hydroxyl groups is 1. The standard InChI is InChI=1S/C10H19NO4/c1-10(2,13)7-11(3)9(12)8-6-14-4-5-15-8/h8,13H,4-7H2,1-3H3.